The van der Waals surface area contributed by atoms with Crippen LogP contribution < -0.4 is 5.73 Å². The lowest BCUT2D eigenvalue weighted by Gasteiger charge is -2.29. The van der Waals surface area contributed by atoms with Crippen LogP contribution in [-0.4, -0.2) is 42.3 Å². The Morgan fingerprint density at radius 2 is 2.12 bits per heavy atom. The summed E-state index contributed by atoms with van der Waals surface area (Å²) in [6.07, 6.45) is 3.13. The summed E-state index contributed by atoms with van der Waals surface area (Å²) in [7, 11) is 2.13. The molecule has 1 rings (SSSR count). The van der Waals surface area contributed by atoms with Crippen LogP contribution in [0.15, 0.2) is 0 Å². The van der Waals surface area contributed by atoms with E-state index in [0.717, 1.165) is 19.5 Å². The second-order valence-corrected chi connectivity index (χ2v) is 6.21. The monoisotopic (exact) mass is 228 g/mol. The van der Waals surface area contributed by atoms with Gasteiger partial charge in [0, 0.05) is 19.1 Å². The van der Waals surface area contributed by atoms with E-state index in [1.807, 2.05) is 6.92 Å². The molecule has 3 N–H and O–H groups in total. The molecule has 0 aromatic carbocycles. The Morgan fingerprint density at radius 1 is 1.50 bits per heavy atom. The molecule has 3 heteroatoms. The number of rotatable bonds is 5. The highest BCUT2D eigenvalue weighted by Crippen LogP contribution is 2.40. The first-order valence-corrected chi connectivity index (χ1v) is 6.45. The highest BCUT2D eigenvalue weighted by molar-refractivity contribution is 4.94. The lowest BCUT2D eigenvalue weighted by molar-refractivity contribution is 0.155. The zero-order valence-corrected chi connectivity index (χ0v) is 11.2. The summed E-state index contributed by atoms with van der Waals surface area (Å²) < 4.78 is 0. The van der Waals surface area contributed by atoms with Gasteiger partial charge in [0.2, 0.25) is 0 Å². The molecule has 0 aromatic rings. The molecule has 1 saturated carbocycles. The minimum atomic E-state index is -0.198. The lowest BCUT2D eigenvalue weighted by Crippen LogP contribution is -2.41. The first-order valence-electron chi connectivity index (χ1n) is 6.45. The molecule has 0 aliphatic heterocycles. The average Bonchev–Trinajstić information content (AvgIpc) is 2.42. The van der Waals surface area contributed by atoms with Gasteiger partial charge in [-0.1, -0.05) is 13.8 Å². The van der Waals surface area contributed by atoms with Gasteiger partial charge in [0.1, 0.15) is 0 Å². The van der Waals surface area contributed by atoms with Crippen molar-refractivity contribution in [2.75, 3.05) is 20.1 Å². The maximum atomic E-state index is 9.25. The number of nitrogens with zero attached hydrogens (tertiary/aromatic N) is 1. The molecule has 3 atom stereocenters. The fourth-order valence-corrected chi connectivity index (χ4v) is 2.65. The van der Waals surface area contributed by atoms with E-state index in [0.29, 0.717) is 17.4 Å². The molecule has 1 aliphatic carbocycles. The number of aliphatic hydroxyl groups is 1. The molecule has 0 bridgehead atoms. The van der Waals surface area contributed by atoms with E-state index in [1.54, 1.807) is 0 Å². The molecule has 0 spiro atoms. The number of hydrogen-bond acceptors (Lipinski definition) is 3. The first kappa shape index (κ1) is 13.9. The Morgan fingerprint density at radius 3 is 2.56 bits per heavy atom. The summed E-state index contributed by atoms with van der Waals surface area (Å²) in [6.45, 7) is 8.41. The van der Waals surface area contributed by atoms with Gasteiger partial charge >= 0.3 is 0 Å². The second-order valence-electron chi connectivity index (χ2n) is 6.21. The molecule has 96 valence electrons. The van der Waals surface area contributed by atoms with Crippen molar-refractivity contribution in [3.05, 3.63) is 0 Å². The molecule has 3 nitrogen and oxygen atoms in total. The molecule has 16 heavy (non-hydrogen) atoms. The molecule has 0 aromatic heterocycles. The number of aliphatic hydroxyl groups excluding tert-OH is 1. The molecule has 0 saturated heterocycles. The second kappa shape index (κ2) is 5.48. The van der Waals surface area contributed by atoms with E-state index >= 15 is 0 Å². The van der Waals surface area contributed by atoms with Crippen molar-refractivity contribution < 1.29 is 5.11 Å². The van der Waals surface area contributed by atoms with Gasteiger partial charge in [0.05, 0.1) is 6.10 Å². The fourth-order valence-electron chi connectivity index (χ4n) is 2.65. The zero-order chi connectivity index (χ0) is 12.3. The normalized spacial score (nSPS) is 30.9. The van der Waals surface area contributed by atoms with E-state index in [-0.39, 0.29) is 6.10 Å². The molecular weight excluding hydrogens is 200 g/mol. The van der Waals surface area contributed by atoms with Gasteiger partial charge in [-0.15, -0.1) is 0 Å². The third-order valence-electron chi connectivity index (χ3n) is 4.04. The molecular formula is C13H28N2O. The molecule has 0 heterocycles. The summed E-state index contributed by atoms with van der Waals surface area (Å²) in [6, 6.07) is 0.321. The standard InChI is InChI=1S/C13H28N2O/c1-10(16)6-8-15(4)9-11-5-7-13(2,3)12(11)14/h10-12,16H,5-9,14H2,1-4H3. The van der Waals surface area contributed by atoms with Gasteiger partial charge < -0.3 is 15.7 Å². The lowest BCUT2D eigenvalue weighted by atomic mass is 9.85. The molecule has 1 fully saturated rings. The minimum absolute atomic E-state index is 0.198. The van der Waals surface area contributed by atoms with Gasteiger partial charge in [-0.2, -0.15) is 0 Å². The van der Waals surface area contributed by atoms with Crippen molar-refractivity contribution in [3.63, 3.8) is 0 Å². The fraction of sp³-hybridized carbons (Fsp3) is 1.00. The molecule has 3 unspecified atom stereocenters. The van der Waals surface area contributed by atoms with E-state index in [4.69, 9.17) is 5.73 Å². The molecule has 0 amide bonds. The number of hydrogen-bond donors (Lipinski definition) is 2. The first-order chi connectivity index (χ1) is 7.33. The predicted molar refractivity (Wildman–Crippen MR) is 68.3 cm³/mol. The predicted octanol–water partition coefficient (Wildman–Crippen LogP) is 1.45. The summed E-state index contributed by atoms with van der Waals surface area (Å²) in [5, 5.41) is 9.25. The summed E-state index contributed by atoms with van der Waals surface area (Å²) in [4.78, 5) is 2.30. The van der Waals surface area contributed by atoms with Crippen molar-refractivity contribution in [2.24, 2.45) is 17.1 Å². The van der Waals surface area contributed by atoms with Gasteiger partial charge in [-0.05, 0) is 44.6 Å². The van der Waals surface area contributed by atoms with Gasteiger partial charge in [0.15, 0.2) is 0 Å². The van der Waals surface area contributed by atoms with E-state index in [2.05, 4.69) is 25.8 Å². The zero-order valence-electron chi connectivity index (χ0n) is 11.2. The maximum Gasteiger partial charge on any atom is 0.0524 e. The van der Waals surface area contributed by atoms with Gasteiger partial charge in [0.25, 0.3) is 0 Å². The largest absolute Gasteiger partial charge is 0.393 e. The highest BCUT2D eigenvalue weighted by atomic mass is 16.3. The average molecular weight is 228 g/mol. The Labute approximate surface area is 100 Å². The third kappa shape index (κ3) is 3.72. The third-order valence-corrected chi connectivity index (χ3v) is 4.04. The molecule has 0 radical (unpaired) electrons. The topological polar surface area (TPSA) is 49.5 Å². The van der Waals surface area contributed by atoms with Crippen molar-refractivity contribution in [3.8, 4) is 0 Å². The van der Waals surface area contributed by atoms with Crippen molar-refractivity contribution >= 4 is 0 Å². The smallest absolute Gasteiger partial charge is 0.0524 e. The summed E-state index contributed by atoms with van der Waals surface area (Å²) in [5.74, 6) is 0.619. The quantitative estimate of drug-likeness (QED) is 0.749. The van der Waals surface area contributed by atoms with E-state index in [1.165, 1.54) is 12.8 Å². The van der Waals surface area contributed by atoms with Crippen molar-refractivity contribution in [1.82, 2.24) is 4.90 Å². The van der Waals surface area contributed by atoms with Crippen LogP contribution in [0, 0.1) is 11.3 Å². The van der Waals surface area contributed by atoms with Crippen LogP contribution in [0.4, 0.5) is 0 Å². The Bertz CT molecular complexity index is 216. The van der Waals surface area contributed by atoms with Crippen LogP contribution >= 0.6 is 0 Å². The van der Waals surface area contributed by atoms with E-state index < -0.39 is 0 Å². The highest BCUT2D eigenvalue weighted by Gasteiger charge is 2.39. The van der Waals surface area contributed by atoms with Crippen LogP contribution in [0.3, 0.4) is 0 Å². The van der Waals surface area contributed by atoms with Gasteiger partial charge in [-0.25, -0.2) is 0 Å². The van der Waals surface area contributed by atoms with Crippen molar-refractivity contribution in [1.29, 1.82) is 0 Å². The van der Waals surface area contributed by atoms with Gasteiger partial charge in [-0.3, -0.25) is 0 Å². The van der Waals surface area contributed by atoms with Crippen LogP contribution in [0.5, 0.6) is 0 Å². The maximum absolute atomic E-state index is 9.25. The molecule has 1 aliphatic rings. The van der Waals surface area contributed by atoms with Crippen LogP contribution in [0.2, 0.25) is 0 Å². The summed E-state index contributed by atoms with van der Waals surface area (Å²) in [5.41, 5.74) is 6.59. The van der Waals surface area contributed by atoms with Crippen LogP contribution in [0.25, 0.3) is 0 Å². The SMILES string of the molecule is CC(O)CCN(C)CC1CCC(C)(C)C1N. The van der Waals surface area contributed by atoms with E-state index in [9.17, 15) is 5.11 Å². The Balaban J connectivity index is 2.32. The van der Waals surface area contributed by atoms with Crippen LogP contribution in [-0.2, 0) is 0 Å². The minimum Gasteiger partial charge on any atom is -0.393 e. The van der Waals surface area contributed by atoms with Crippen LogP contribution in [0.1, 0.15) is 40.0 Å². The van der Waals surface area contributed by atoms with Crippen molar-refractivity contribution in [2.45, 2.75) is 52.2 Å². The number of nitrogens with two attached hydrogens (primary N) is 1. The Hall–Kier alpha value is -0.120. The summed E-state index contributed by atoms with van der Waals surface area (Å²) >= 11 is 0. The Kier molecular flexibility index (Phi) is 4.77.